The van der Waals surface area contributed by atoms with Gasteiger partial charge in [0, 0.05) is 12.5 Å². The van der Waals surface area contributed by atoms with Crippen molar-refractivity contribution in [1.82, 2.24) is 4.90 Å². The van der Waals surface area contributed by atoms with Gasteiger partial charge in [0.05, 0.1) is 17.0 Å². The van der Waals surface area contributed by atoms with E-state index in [2.05, 4.69) is 0 Å². The van der Waals surface area contributed by atoms with Crippen LogP contribution in [0.3, 0.4) is 0 Å². The molecule has 0 radical (unpaired) electrons. The zero-order chi connectivity index (χ0) is 22.1. The van der Waals surface area contributed by atoms with Gasteiger partial charge in [-0.3, -0.25) is 15.0 Å². The zero-order valence-electron chi connectivity index (χ0n) is 15.7. The molecule has 0 spiro atoms. The number of rotatable bonds is 4. The van der Waals surface area contributed by atoms with Gasteiger partial charge in [0.15, 0.2) is 5.75 Å². The Kier molecular flexibility index (Phi) is 5.95. The molecule has 1 fully saturated rings. The van der Waals surface area contributed by atoms with Gasteiger partial charge in [-0.25, -0.2) is 9.59 Å². The molecule has 1 aromatic rings. The predicted molar refractivity (Wildman–Crippen MR) is 91.5 cm³/mol. The minimum atomic E-state index is -4.78. The van der Waals surface area contributed by atoms with E-state index in [9.17, 15) is 38.0 Å². The number of likely N-dealkylation sites (tertiary alicyclic amines) is 1. The SMILES string of the molecule is CC(C)(C)OC(=O)N1C[C@H](Oc2ccc(C(F)(F)F)cc2[N+](=O)[O-])C[C@H]1C(=O)O. The van der Waals surface area contributed by atoms with Crippen LogP contribution >= 0.6 is 0 Å². The highest BCUT2D eigenvalue weighted by Crippen LogP contribution is 2.37. The Morgan fingerprint density at radius 1 is 1.28 bits per heavy atom. The molecule has 29 heavy (non-hydrogen) atoms. The van der Waals surface area contributed by atoms with Gasteiger partial charge >= 0.3 is 23.9 Å². The zero-order valence-corrected chi connectivity index (χ0v) is 15.7. The maximum Gasteiger partial charge on any atom is 0.416 e. The van der Waals surface area contributed by atoms with Crippen LogP contribution < -0.4 is 4.74 Å². The molecule has 0 saturated carbocycles. The number of nitrogens with zero attached hydrogens (tertiary/aromatic N) is 2. The smallest absolute Gasteiger partial charge is 0.416 e. The van der Waals surface area contributed by atoms with E-state index in [0.29, 0.717) is 12.1 Å². The molecule has 1 amide bonds. The minimum absolute atomic E-state index is 0.216. The highest BCUT2D eigenvalue weighted by molar-refractivity contribution is 5.81. The summed E-state index contributed by atoms with van der Waals surface area (Å²) in [7, 11) is 0. The third kappa shape index (κ3) is 5.48. The number of nitro benzene ring substituents is 1. The number of aliphatic carboxylic acids is 1. The van der Waals surface area contributed by atoms with E-state index in [1.165, 1.54) is 0 Å². The van der Waals surface area contributed by atoms with Gasteiger partial charge in [0.2, 0.25) is 0 Å². The van der Waals surface area contributed by atoms with E-state index in [1.54, 1.807) is 20.8 Å². The number of hydrogen-bond donors (Lipinski definition) is 1. The summed E-state index contributed by atoms with van der Waals surface area (Å²) in [4.78, 5) is 34.8. The quantitative estimate of drug-likeness (QED) is 0.585. The highest BCUT2D eigenvalue weighted by Gasteiger charge is 2.43. The van der Waals surface area contributed by atoms with Gasteiger partial charge in [0.25, 0.3) is 0 Å². The lowest BCUT2D eigenvalue weighted by atomic mass is 10.1. The Hall–Kier alpha value is -3.05. The van der Waals surface area contributed by atoms with E-state index >= 15 is 0 Å². The molecular formula is C17H19F3N2O7. The first-order valence-corrected chi connectivity index (χ1v) is 8.44. The standard InChI is InChI=1S/C17H19F3N2O7/c1-16(2,3)29-15(25)21-8-10(7-12(21)14(23)24)28-13-5-4-9(17(18,19)20)6-11(13)22(26)27/h4-6,10,12H,7-8H2,1-3H3,(H,23,24)/t10-,12+/m1/s1. The van der Waals surface area contributed by atoms with Gasteiger partial charge in [-0.05, 0) is 32.9 Å². The average molecular weight is 420 g/mol. The van der Waals surface area contributed by atoms with Crippen molar-refractivity contribution in [3.8, 4) is 5.75 Å². The van der Waals surface area contributed by atoms with Crippen molar-refractivity contribution in [3.05, 3.63) is 33.9 Å². The van der Waals surface area contributed by atoms with Crippen LogP contribution in [0, 0.1) is 10.1 Å². The van der Waals surface area contributed by atoms with Gasteiger partial charge < -0.3 is 14.6 Å². The monoisotopic (exact) mass is 420 g/mol. The molecule has 0 aliphatic carbocycles. The number of hydrogen-bond acceptors (Lipinski definition) is 6. The lowest BCUT2D eigenvalue weighted by molar-refractivity contribution is -0.386. The normalized spacial score (nSPS) is 19.7. The number of carboxylic acids is 1. The maximum atomic E-state index is 12.8. The summed E-state index contributed by atoms with van der Waals surface area (Å²) in [5.41, 5.74) is -3.02. The second-order valence-electron chi connectivity index (χ2n) is 7.40. The van der Waals surface area contributed by atoms with Crippen LogP contribution in [-0.4, -0.2) is 51.3 Å². The number of nitro groups is 1. The minimum Gasteiger partial charge on any atom is -0.482 e. The molecule has 0 unspecified atom stereocenters. The molecule has 0 aromatic heterocycles. The van der Waals surface area contributed by atoms with E-state index in [0.717, 1.165) is 11.0 Å². The van der Waals surface area contributed by atoms with Crippen molar-refractivity contribution < 1.29 is 42.3 Å². The van der Waals surface area contributed by atoms with Gasteiger partial charge in [-0.1, -0.05) is 0 Å². The van der Waals surface area contributed by atoms with Crippen molar-refractivity contribution >= 4 is 17.7 Å². The number of carbonyl (C=O) groups excluding carboxylic acids is 1. The molecule has 1 saturated heterocycles. The van der Waals surface area contributed by atoms with Crippen molar-refractivity contribution in [2.24, 2.45) is 0 Å². The predicted octanol–water partition coefficient (Wildman–Crippen LogP) is 3.46. The molecule has 1 N–H and O–H groups in total. The Morgan fingerprint density at radius 2 is 1.90 bits per heavy atom. The molecule has 1 aliphatic rings. The van der Waals surface area contributed by atoms with Crippen molar-refractivity contribution in [3.63, 3.8) is 0 Å². The largest absolute Gasteiger partial charge is 0.482 e. The topological polar surface area (TPSA) is 119 Å². The molecule has 2 atom stereocenters. The number of amides is 1. The van der Waals surface area contributed by atoms with Crippen LogP contribution in [0.25, 0.3) is 0 Å². The molecular weight excluding hydrogens is 401 g/mol. The van der Waals surface area contributed by atoms with Gasteiger partial charge in [-0.2, -0.15) is 13.2 Å². The molecule has 12 heteroatoms. The first-order chi connectivity index (χ1) is 13.2. The van der Waals surface area contributed by atoms with Crippen LogP contribution in [0.2, 0.25) is 0 Å². The number of ether oxygens (including phenoxy) is 2. The first-order valence-electron chi connectivity index (χ1n) is 8.44. The number of halogens is 3. The number of benzene rings is 1. The molecule has 1 aliphatic heterocycles. The summed E-state index contributed by atoms with van der Waals surface area (Å²) >= 11 is 0. The Bertz CT molecular complexity index is 820. The fourth-order valence-electron chi connectivity index (χ4n) is 2.75. The fourth-order valence-corrected chi connectivity index (χ4v) is 2.75. The molecule has 2 rings (SSSR count). The molecule has 1 aromatic carbocycles. The van der Waals surface area contributed by atoms with Crippen molar-refractivity contribution in [2.45, 2.75) is 51.1 Å². The van der Waals surface area contributed by atoms with E-state index in [1.807, 2.05) is 0 Å². The lowest BCUT2D eigenvalue weighted by Crippen LogP contribution is -2.43. The second-order valence-corrected chi connectivity index (χ2v) is 7.40. The fraction of sp³-hybridized carbons (Fsp3) is 0.529. The third-order valence-electron chi connectivity index (χ3n) is 3.95. The molecule has 160 valence electrons. The maximum absolute atomic E-state index is 12.8. The third-order valence-corrected chi connectivity index (χ3v) is 3.95. The van der Waals surface area contributed by atoms with E-state index < -0.39 is 57.9 Å². The van der Waals surface area contributed by atoms with Crippen molar-refractivity contribution in [1.29, 1.82) is 0 Å². The summed E-state index contributed by atoms with van der Waals surface area (Å²) < 4.78 is 48.9. The number of carboxylic acid groups (broad SMARTS) is 1. The first kappa shape index (κ1) is 22.2. The summed E-state index contributed by atoms with van der Waals surface area (Å²) in [5.74, 6) is -1.79. The van der Waals surface area contributed by atoms with Gasteiger partial charge in [-0.15, -0.1) is 0 Å². The Morgan fingerprint density at radius 3 is 2.38 bits per heavy atom. The summed E-state index contributed by atoms with van der Waals surface area (Å²) in [5, 5.41) is 20.5. The Labute approximate surface area is 163 Å². The van der Waals surface area contributed by atoms with Crippen LogP contribution in [0.1, 0.15) is 32.8 Å². The number of alkyl halides is 3. The summed E-state index contributed by atoms with van der Waals surface area (Å²) in [6.07, 6.45) is -6.89. The summed E-state index contributed by atoms with van der Waals surface area (Å²) in [6.45, 7) is 4.52. The molecule has 0 bridgehead atoms. The lowest BCUT2D eigenvalue weighted by Gasteiger charge is -2.26. The van der Waals surface area contributed by atoms with Crippen molar-refractivity contribution in [2.75, 3.05) is 6.54 Å². The van der Waals surface area contributed by atoms with Crippen LogP contribution in [0.5, 0.6) is 5.75 Å². The van der Waals surface area contributed by atoms with Crippen LogP contribution in [-0.2, 0) is 15.7 Å². The van der Waals surface area contributed by atoms with Crippen LogP contribution in [0.4, 0.5) is 23.7 Å². The molecule has 9 nitrogen and oxygen atoms in total. The van der Waals surface area contributed by atoms with E-state index in [4.69, 9.17) is 9.47 Å². The Balaban J connectivity index is 2.25. The average Bonchev–Trinajstić information content (AvgIpc) is 2.96. The summed E-state index contributed by atoms with van der Waals surface area (Å²) in [6, 6.07) is 0.457. The number of carbonyl (C=O) groups is 2. The van der Waals surface area contributed by atoms with Crippen LogP contribution in [0.15, 0.2) is 18.2 Å². The molecule has 1 heterocycles. The van der Waals surface area contributed by atoms with E-state index in [-0.39, 0.29) is 13.0 Å². The second kappa shape index (κ2) is 7.76. The van der Waals surface area contributed by atoms with Gasteiger partial charge in [0.1, 0.15) is 17.7 Å². The highest BCUT2D eigenvalue weighted by atomic mass is 19.4.